The molecule has 0 N–H and O–H groups in total. The predicted molar refractivity (Wildman–Crippen MR) is 73.3 cm³/mol. The molecule has 0 aromatic carbocycles. The largest absolute Gasteiger partial charge is 0.397 e. The zero-order chi connectivity index (χ0) is 14.0. The van der Waals surface area contributed by atoms with Crippen LogP contribution < -0.4 is 0 Å². The molecule has 100 valence electrons. The number of hydrogen-bond acceptors (Lipinski definition) is 4. The summed E-state index contributed by atoms with van der Waals surface area (Å²) in [7, 11) is 1.47. The second-order valence-corrected chi connectivity index (χ2v) is 5.25. The Morgan fingerprint density at radius 3 is 2.47 bits per heavy atom. The van der Waals surface area contributed by atoms with Crippen molar-refractivity contribution in [2.24, 2.45) is 5.16 Å². The number of aromatic nitrogens is 1. The van der Waals surface area contributed by atoms with Gasteiger partial charge in [0.25, 0.3) is 5.91 Å². The van der Waals surface area contributed by atoms with E-state index in [-0.39, 0.29) is 11.4 Å². The molecule has 0 aliphatic carbocycles. The highest BCUT2D eigenvalue weighted by atomic mass is 16.6. The van der Waals surface area contributed by atoms with Gasteiger partial charge in [-0.2, -0.15) is 0 Å². The SMILES string of the molecule is CO/N=C1\C(=C/c2ccncc2)C(=O)N1C(C)(C)C. The molecule has 1 fully saturated rings. The second kappa shape index (κ2) is 4.84. The maximum atomic E-state index is 12.2. The number of likely N-dealkylation sites (tertiary alicyclic amines) is 1. The van der Waals surface area contributed by atoms with E-state index in [0.29, 0.717) is 11.4 Å². The molecule has 2 rings (SSSR count). The van der Waals surface area contributed by atoms with Crippen molar-refractivity contribution in [3.8, 4) is 0 Å². The van der Waals surface area contributed by atoms with Gasteiger partial charge in [-0.3, -0.25) is 14.7 Å². The molecule has 0 radical (unpaired) electrons. The second-order valence-electron chi connectivity index (χ2n) is 5.25. The monoisotopic (exact) mass is 259 g/mol. The summed E-state index contributed by atoms with van der Waals surface area (Å²) in [6, 6.07) is 3.68. The van der Waals surface area contributed by atoms with Crippen LogP contribution in [0.2, 0.25) is 0 Å². The molecule has 2 heterocycles. The molecule has 1 amide bonds. The minimum atomic E-state index is -0.315. The van der Waals surface area contributed by atoms with Crippen molar-refractivity contribution >= 4 is 17.8 Å². The first-order chi connectivity index (χ1) is 8.95. The average molecular weight is 259 g/mol. The third-order valence-corrected chi connectivity index (χ3v) is 2.75. The number of nitrogens with zero attached hydrogens (tertiary/aromatic N) is 3. The van der Waals surface area contributed by atoms with E-state index in [9.17, 15) is 4.79 Å². The number of carbonyl (C=O) groups excluding carboxylic acids is 1. The number of carbonyl (C=O) groups is 1. The van der Waals surface area contributed by atoms with Crippen LogP contribution in [0.4, 0.5) is 0 Å². The van der Waals surface area contributed by atoms with Gasteiger partial charge >= 0.3 is 0 Å². The fourth-order valence-electron chi connectivity index (χ4n) is 1.93. The maximum absolute atomic E-state index is 12.2. The van der Waals surface area contributed by atoms with E-state index in [0.717, 1.165) is 5.56 Å². The van der Waals surface area contributed by atoms with Crippen LogP contribution in [-0.2, 0) is 9.63 Å². The van der Waals surface area contributed by atoms with Crippen molar-refractivity contribution in [2.45, 2.75) is 26.3 Å². The van der Waals surface area contributed by atoms with Crippen molar-refractivity contribution < 1.29 is 9.63 Å². The quantitative estimate of drug-likeness (QED) is 0.464. The summed E-state index contributed by atoms with van der Waals surface area (Å²) < 4.78 is 0. The topological polar surface area (TPSA) is 54.8 Å². The summed E-state index contributed by atoms with van der Waals surface area (Å²) in [6.45, 7) is 5.87. The van der Waals surface area contributed by atoms with Crippen molar-refractivity contribution in [2.75, 3.05) is 7.11 Å². The predicted octanol–water partition coefficient (Wildman–Crippen LogP) is 2.07. The number of oxime groups is 1. The Morgan fingerprint density at radius 2 is 1.95 bits per heavy atom. The molecule has 0 atom stereocenters. The van der Waals surface area contributed by atoms with Crippen LogP contribution in [-0.4, -0.2) is 34.3 Å². The lowest BCUT2D eigenvalue weighted by atomic mass is 9.93. The van der Waals surface area contributed by atoms with Crippen LogP contribution in [0.3, 0.4) is 0 Å². The lowest BCUT2D eigenvalue weighted by Gasteiger charge is -2.43. The average Bonchev–Trinajstić information content (AvgIpc) is 2.35. The summed E-state index contributed by atoms with van der Waals surface area (Å²) >= 11 is 0. The van der Waals surface area contributed by atoms with Crippen LogP contribution >= 0.6 is 0 Å². The van der Waals surface area contributed by atoms with E-state index in [1.807, 2.05) is 32.9 Å². The number of pyridine rings is 1. The third-order valence-electron chi connectivity index (χ3n) is 2.75. The molecule has 1 aromatic heterocycles. The van der Waals surface area contributed by atoms with Crippen LogP contribution in [0.15, 0.2) is 35.3 Å². The smallest absolute Gasteiger partial charge is 0.263 e. The Kier molecular flexibility index (Phi) is 3.38. The van der Waals surface area contributed by atoms with Crippen molar-refractivity contribution in [3.05, 3.63) is 35.7 Å². The van der Waals surface area contributed by atoms with E-state index in [1.54, 1.807) is 23.4 Å². The summed E-state index contributed by atoms with van der Waals surface area (Å²) in [6.07, 6.45) is 5.17. The maximum Gasteiger partial charge on any atom is 0.263 e. The normalized spacial score (nSPS) is 19.8. The lowest BCUT2D eigenvalue weighted by molar-refractivity contribution is -0.129. The van der Waals surface area contributed by atoms with Crippen molar-refractivity contribution in [1.82, 2.24) is 9.88 Å². The fraction of sp³-hybridized carbons (Fsp3) is 0.357. The summed E-state index contributed by atoms with van der Waals surface area (Å²) in [5.74, 6) is 0.525. The molecule has 0 spiro atoms. The summed E-state index contributed by atoms with van der Waals surface area (Å²) in [4.78, 5) is 22.6. The van der Waals surface area contributed by atoms with Gasteiger partial charge in [0.05, 0.1) is 5.57 Å². The third kappa shape index (κ3) is 2.50. The molecular weight excluding hydrogens is 242 g/mol. The number of amidine groups is 1. The molecule has 1 aromatic rings. The van der Waals surface area contributed by atoms with Gasteiger partial charge in [0, 0.05) is 17.9 Å². The minimum absolute atomic E-state index is 0.0416. The van der Waals surface area contributed by atoms with Crippen LogP contribution in [0.1, 0.15) is 26.3 Å². The van der Waals surface area contributed by atoms with Crippen molar-refractivity contribution in [1.29, 1.82) is 0 Å². The summed E-state index contributed by atoms with van der Waals surface area (Å²) in [5, 5.41) is 3.94. The fourth-order valence-corrected chi connectivity index (χ4v) is 1.93. The Bertz CT molecular complexity index is 542. The van der Waals surface area contributed by atoms with E-state index < -0.39 is 0 Å². The molecule has 5 nitrogen and oxygen atoms in total. The van der Waals surface area contributed by atoms with Crippen LogP contribution in [0.5, 0.6) is 0 Å². The van der Waals surface area contributed by atoms with Gasteiger partial charge in [-0.1, -0.05) is 5.16 Å². The number of β-lactam (4-membered cyclic amide) rings is 1. The molecule has 0 bridgehead atoms. The van der Waals surface area contributed by atoms with Gasteiger partial charge in [-0.05, 0) is 44.5 Å². The highest BCUT2D eigenvalue weighted by molar-refractivity contribution is 6.38. The number of rotatable bonds is 2. The van der Waals surface area contributed by atoms with Gasteiger partial charge in [0.2, 0.25) is 0 Å². The molecule has 5 heteroatoms. The van der Waals surface area contributed by atoms with Crippen LogP contribution in [0, 0.1) is 0 Å². The summed E-state index contributed by atoms with van der Waals surface area (Å²) in [5.41, 5.74) is 1.16. The Hall–Kier alpha value is -2.17. The molecule has 19 heavy (non-hydrogen) atoms. The first-order valence-electron chi connectivity index (χ1n) is 6.03. The van der Waals surface area contributed by atoms with E-state index >= 15 is 0 Å². The van der Waals surface area contributed by atoms with Gasteiger partial charge in [0.15, 0.2) is 5.84 Å². The Morgan fingerprint density at radius 1 is 1.32 bits per heavy atom. The van der Waals surface area contributed by atoms with E-state index in [1.165, 1.54) is 7.11 Å². The molecular formula is C14H17N3O2. The molecule has 1 aliphatic heterocycles. The standard InChI is InChI=1S/C14H17N3O2/c1-14(2,3)17-12(16-19-4)11(13(17)18)9-10-5-7-15-8-6-10/h5-9H,1-4H3/b11-9+,16-12+. The lowest BCUT2D eigenvalue weighted by Crippen LogP contribution is -2.60. The van der Waals surface area contributed by atoms with Gasteiger partial charge < -0.3 is 4.84 Å². The molecule has 1 aliphatic rings. The molecule has 0 saturated carbocycles. The highest BCUT2D eigenvalue weighted by Gasteiger charge is 2.45. The first-order valence-corrected chi connectivity index (χ1v) is 6.03. The highest BCUT2D eigenvalue weighted by Crippen LogP contribution is 2.30. The van der Waals surface area contributed by atoms with Crippen molar-refractivity contribution in [3.63, 3.8) is 0 Å². The zero-order valence-corrected chi connectivity index (χ0v) is 11.5. The Labute approximate surface area is 112 Å². The molecule has 1 saturated heterocycles. The van der Waals surface area contributed by atoms with Gasteiger partial charge in [-0.15, -0.1) is 0 Å². The minimum Gasteiger partial charge on any atom is -0.397 e. The van der Waals surface area contributed by atoms with E-state index in [2.05, 4.69) is 10.1 Å². The Balaban J connectivity index is 2.36. The first kappa shape index (κ1) is 13.3. The van der Waals surface area contributed by atoms with Crippen LogP contribution in [0.25, 0.3) is 6.08 Å². The molecule has 0 unspecified atom stereocenters. The zero-order valence-electron chi connectivity index (χ0n) is 11.5. The van der Waals surface area contributed by atoms with Gasteiger partial charge in [0.1, 0.15) is 7.11 Å². The van der Waals surface area contributed by atoms with E-state index in [4.69, 9.17) is 4.84 Å². The number of amides is 1. The number of hydrogen-bond donors (Lipinski definition) is 0. The van der Waals surface area contributed by atoms with Gasteiger partial charge in [-0.25, -0.2) is 0 Å².